The largest absolute Gasteiger partial charge is 0.492 e. The summed E-state index contributed by atoms with van der Waals surface area (Å²) in [5, 5.41) is 0. The summed E-state index contributed by atoms with van der Waals surface area (Å²) in [7, 11) is 6.48. The molecule has 2 unspecified atom stereocenters. The molecule has 2 aromatic rings. The molecule has 0 N–H and O–H groups in total. The van der Waals surface area contributed by atoms with Gasteiger partial charge in [-0.25, -0.2) is 0 Å². The minimum absolute atomic E-state index is 0.172. The maximum absolute atomic E-state index is 6.19. The number of methoxy groups -OCH3 is 4. The number of fused-ring (bicyclic) bond motifs is 2. The second kappa shape index (κ2) is 11.7. The summed E-state index contributed by atoms with van der Waals surface area (Å²) >= 11 is 0. The molecule has 4 rings (SSSR count). The zero-order valence-corrected chi connectivity index (χ0v) is 20.4. The normalized spacial score (nSPS) is 18.6. The van der Waals surface area contributed by atoms with Gasteiger partial charge in [-0.15, -0.1) is 0 Å². The lowest BCUT2D eigenvalue weighted by molar-refractivity contribution is -0.132. The Morgan fingerprint density at radius 2 is 0.971 bits per heavy atom. The van der Waals surface area contributed by atoms with Crippen LogP contribution in [0.2, 0.25) is 0 Å². The number of benzene rings is 2. The molecule has 0 spiro atoms. The van der Waals surface area contributed by atoms with Crippen molar-refractivity contribution >= 4 is 12.2 Å². The third-order valence-electron chi connectivity index (χ3n) is 6.59. The van der Waals surface area contributed by atoms with E-state index in [-0.39, 0.29) is 11.8 Å². The van der Waals surface area contributed by atoms with Gasteiger partial charge in [0, 0.05) is 40.3 Å². The molecule has 0 amide bonds. The Hall–Kier alpha value is -2.64. The summed E-state index contributed by atoms with van der Waals surface area (Å²) in [5.41, 5.74) is 4.99. The Morgan fingerprint density at radius 1 is 0.588 bits per heavy atom. The quantitative estimate of drug-likeness (QED) is 0.373. The molecule has 2 atom stereocenters. The lowest BCUT2D eigenvalue weighted by Crippen LogP contribution is -2.21. The third-order valence-corrected chi connectivity index (χ3v) is 6.59. The van der Waals surface area contributed by atoms with Crippen LogP contribution in [0.15, 0.2) is 60.0 Å². The van der Waals surface area contributed by atoms with Crippen LogP contribution >= 0.6 is 0 Å². The van der Waals surface area contributed by atoms with Crippen molar-refractivity contribution in [3.63, 3.8) is 0 Å². The summed E-state index contributed by atoms with van der Waals surface area (Å²) < 4.78 is 33.6. The Morgan fingerprint density at radius 3 is 1.35 bits per heavy atom. The highest BCUT2D eigenvalue weighted by Crippen LogP contribution is 2.45. The van der Waals surface area contributed by atoms with Gasteiger partial charge in [0.05, 0.1) is 0 Å². The Labute approximate surface area is 202 Å². The van der Waals surface area contributed by atoms with Crippen LogP contribution in [0.4, 0.5) is 0 Å². The lowest BCUT2D eigenvalue weighted by atomic mass is 9.88. The van der Waals surface area contributed by atoms with Gasteiger partial charge in [-0.05, 0) is 47.2 Å². The van der Waals surface area contributed by atoms with Gasteiger partial charge in [0.15, 0.2) is 12.6 Å². The van der Waals surface area contributed by atoms with Crippen LogP contribution in [0.25, 0.3) is 12.2 Å². The maximum Gasteiger partial charge on any atom is 0.191 e. The van der Waals surface area contributed by atoms with E-state index in [1.165, 1.54) is 22.3 Å². The minimum atomic E-state index is -0.399. The number of ether oxygens (including phenoxy) is 6. The predicted molar refractivity (Wildman–Crippen MR) is 131 cm³/mol. The summed E-state index contributed by atoms with van der Waals surface area (Å²) in [6.07, 6.45) is 5.32. The van der Waals surface area contributed by atoms with Gasteiger partial charge in [0.1, 0.15) is 24.7 Å². The van der Waals surface area contributed by atoms with E-state index in [4.69, 9.17) is 28.4 Å². The topological polar surface area (TPSA) is 55.4 Å². The van der Waals surface area contributed by atoms with Crippen molar-refractivity contribution in [3.05, 3.63) is 82.3 Å². The number of hydrogen-bond acceptors (Lipinski definition) is 6. The van der Waals surface area contributed by atoms with Gasteiger partial charge >= 0.3 is 0 Å². The maximum atomic E-state index is 6.19. The van der Waals surface area contributed by atoms with Crippen molar-refractivity contribution in [2.45, 2.75) is 37.3 Å². The van der Waals surface area contributed by atoms with E-state index in [1.807, 2.05) is 0 Å². The highest BCUT2D eigenvalue weighted by atomic mass is 16.7. The first-order valence-corrected chi connectivity index (χ1v) is 11.7. The second-order valence-corrected chi connectivity index (χ2v) is 8.46. The summed E-state index contributed by atoms with van der Waals surface area (Å²) in [6.45, 7) is 0.693. The van der Waals surface area contributed by atoms with Crippen molar-refractivity contribution in [1.82, 2.24) is 0 Å². The summed E-state index contributed by atoms with van der Waals surface area (Å²) in [6, 6.07) is 17.0. The van der Waals surface area contributed by atoms with Crippen LogP contribution in [0.3, 0.4) is 0 Å². The van der Waals surface area contributed by atoms with E-state index in [2.05, 4.69) is 60.7 Å². The highest BCUT2D eigenvalue weighted by Gasteiger charge is 2.32. The highest BCUT2D eigenvalue weighted by molar-refractivity contribution is 5.66. The molecular weight excluding hydrogens is 432 g/mol. The van der Waals surface area contributed by atoms with E-state index >= 15 is 0 Å². The monoisotopic (exact) mass is 466 g/mol. The first-order chi connectivity index (χ1) is 16.7. The first kappa shape index (κ1) is 24.5. The van der Waals surface area contributed by atoms with Gasteiger partial charge in [0.25, 0.3) is 0 Å². The fraction of sp³-hybridized carbons (Fsp3) is 0.429. The SMILES string of the molecule is COC(COC1=Cc2ccccc2C1CCC1C(OCC(OC)OC)=Cc2ccccc21)OC. The molecule has 0 saturated heterocycles. The van der Waals surface area contributed by atoms with Crippen LogP contribution < -0.4 is 0 Å². The number of hydrogen-bond donors (Lipinski definition) is 0. The van der Waals surface area contributed by atoms with E-state index in [1.54, 1.807) is 28.4 Å². The van der Waals surface area contributed by atoms with Crippen LogP contribution in [-0.2, 0) is 28.4 Å². The molecule has 0 radical (unpaired) electrons. The third kappa shape index (κ3) is 5.36. The predicted octanol–water partition coefficient (Wildman–Crippen LogP) is 5.31. The van der Waals surface area contributed by atoms with Gasteiger partial charge in [0.2, 0.25) is 0 Å². The molecule has 0 saturated carbocycles. The Balaban J connectivity index is 1.49. The zero-order valence-electron chi connectivity index (χ0n) is 20.4. The minimum Gasteiger partial charge on any atom is -0.492 e. The van der Waals surface area contributed by atoms with Gasteiger partial charge < -0.3 is 28.4 Å². The molecule has 6 nitrogen and oxygen atoms in total. The molecule has 2 aliphatic rings. The van der Waals surface area contributed by atoms with E-state index in [0.717, 1.165) is 24.4 Å². The zero-order chi connectivity index (χ0) is 23.9. The molecule has 2 aromatic carbocycles. The van der Waals surface area contributed by atoms with Crippen LogP contribution in [-0.4, -0.2) is 54.2 Å². The van der Waals surface area contributed by atoms with Crippen molar-refractivity contribution in [3.8, 4) is 0 Å². The van der Waals surface area contributed by atoms with Crippen LogP contribution in [0.1, 0.15) is 46.9 Å². The molecule has 0 aliphatic heterocycles. The second-order valence-electron chi connectivity index (χ2n) is 8.46. The fourth-order valence-electron chi connectivity index (χ4n) is 4.74. The van der Waals surface area contributed by atoms with E-state index in [0.29, 0.717) is 13.2 Å². The van der Waals surface area contributed by atoms with Crippen LogP contribution in [0.5, 0.6) is 0 Å². The number of allylic oxidation sites excluding steroid dienone is 2. The molecule has 6 heteroatoms. The van der Waals surface area contributed by atoms with E-state index < -0.39 is 12.6 Å². The smallest absolute Gasteiger partial charge is 0.191 e. The molecule has 0 aromatic heterocycles. The fourth-order valence-corrected chi connectivity index (χ4v) is 4.74. The van der Waals surface area contributed by atoms with E-state index in [9.17, 15) is 0 Å². The molecule has 2 aliphatic carbocycles. The molecular formula is C28H34O6. The molecule has 182 valence electrons. The summed E-state index contributed by atoms with van der Waals surface area (Å²) in [4.78, 5) is 0. The molecule has 0 bridgehead atoms. The number of rotatable bonds is 13. The lowest BCUT2D eigenvalue weighted by Gasteiger charge is -2.24. The standard InChI is InChI=1S/C28H34O6/c1-29-27(30-2)17-33-25-15-19-9-5-7-11-21(19)23(25)13-14-24-22-12-8-6-10-20(22)16-26(24)34-18-28(31-3)32-4/h5-12,15-16,23-24,27-28H,13-14,17-18H2,1-4H3. The van der Waals surface area contributed by atoms with Crippen molar-refractivity contribution in [2.24, 2.45) is 0 Å². The first-order valence-electron chi connectivity index (χ1n) is 11.7. The Bertz CT molecular complexity index is 924. The van der Waals surface area contributed by atoms with Gasteiger partial charge in [-0.2, -0.15) is 0 Å². The molecule has 34 heavy (non-hydrogen) atoms. The van der Waals surface area contributed by atoms with Crippen molar-refractivity contribution < 1.29 is 28.4 Å². The van der Waals surface area contributed by atoms with Crippen molar-refractivity contribution in [2.75, 3.05) is 41.7 Å². The Kier molecular flexibility index (Phi) is 8.40. The average molecular weight is 467 g/mol. The van der Waals surface area contributed by atoms with Gasteiger partial charge in [-0.3, -0.25) is 0 Å². The average Bonchev–Trinajstić information content (AvgIpc) is 3.41. The summed E-state index contributed by atoms with van der Waals surface area (Å²) in [5.74, 6) is 2.25. The van der Waals surface area contributed by atoms with Crippen LogP contribution in [0, 0.1) is 0 Å². The van der Waals surface area contributed by atoms with Crippen molar-refractivity contribution in [1.29, 1.82) is 0 Å². The molecule has 0 fully saturated rings. The van der Waals surface area contributed by atoms with Gasteiger partial charge in [-0.1, -0.05) is 48.5 Å². The molecule has 0 heterocycles.